The summed E-state index contributed by atoms with van der Waals surface area (Å²) >= 11 is 0. The number of carbonyl (C=O) groups excluding carboxylic acids is 1. The molecule has 1 saturated heterocycles. The summed E-state index contributed by atoms with van der Waals surface area (Å²) in [7, 11) is 0. The fraction of sp³-hybridized carbons (Fsp3) is 0.381. The van der Waals surface area contributed by atoms with Crippen molar-refractivity contribution in [3.05, 3.63) is 65.5 Å². The Hall–Kier alpha value is -2.36. The van der Waals surface area contributed by atoms with Gasteiger partial charge in [-0.15, -0.1) is 0 Å². The number of piperazine rings is 1. The van der Waals surface area contributed by atoms with Crippen molar-refractivity contribution in [2.45, 2.75) is 26.2 Å². The molecule has 4 heteroatoms. The number of anilines is 1. The van der Waals surface area contributed by atoms with E-state index < -0.39 is 5.41 Å². The Morgan fingerprint density at radius 1 is 1.00 bits per heavy atom. The predicted molar refractivity (Wildman–Crippen MR) is 99.4 cm³/mol. The third-order valence-corrected chi connectivity index (χ3v) is 5.03. The second-order valence-electron chi connectivity index (χ2n) is 7.25. The average molecular weight is 340 g/mol. The van der Waals surface area contributed by atoms with E-state index in [0.717, 1.165) is 18.7 Å². The molecule has 2 aromatic rings. The fourth-order valence-corrected chi connectivity index (χ4v) is 3.38. The lowest BCUT2D eigenvalue weighted by molar-refractivity contribution is -0.136. The van der Waals surface area contributed by atoms with Crippen molar-refractivity contribution in [3.8, 4) is 0 Å². The second-order valence-corrected chi connectivity index (χ2v) is 7.25. The van der Waals surface area contributed by atoms with Crippen LogP contribution in [0, 0.1) is 12.7 Å². The van der Waals surface area contributed by atoms with Crippen LogP contribution in [0.4, 0.5) is 10.1 Å². The van der Waals surface area contributed by atoms with Crippen LogP contribution in [-0.4, -0.2) is 37.0 Å². The van der Waals surface area contributed by atoms with Gasteiger partial charge in [-0.2, -0.15) is 0 Å². The lowest BCUT2D eigenvalue weighted by atomic mass is 9.83. The minimum absolute atomic E-state index is 0.100. The zero-order valence-electron chi connectivity index (χ0n) is 15.1. The smallest absolute Gasteiger partial charge is 0.232 e. The highest BCUT2D eigenvalue weighted by Gasteiger charge is 2.35. The molecule has 1 fully saturated rings. The van der Waals surface area contributed by atoms with E-state index in [0.29, 0.717) is 13.1 Å². The molecule has 0 atom stereocenters. The lowest BCUT2D eigenvalue weighted by Gasteiger charge is -2.39. The number of hydrogen-bond donors (Lipinski definition) is 0. The molecule has 0 spiro atoms. The standard InChI is InChI=1S/C21H25FN2O/c1-16-5-4-6-19(15-16)23-11-13-24(14-12-23)20(25)21(2,3)17-7-9-18(22)10-8-17/h4-10,15H,11-14H2,1-3H3. The second kappa shape index (κ2) is 6.87. The van der Waals surface area contributed by atoms with Gasteiger partial charge in [-0.25, -0.2) is 4.39 Å². The van der Waals surface area contributed by atoms with Gasteiger partial charge in [0.2, 0.25) is 5.91 Å². The first-order valence-corrected chi connectivity index (χ1v) is 8.75. The molecule has 0 N–H and O–H groups in total. The fourth-order valence-electron chi connectivity index (χ4n) is 3.38. The number of amides is 1. The van der Waals surface area contributed by atoms with Crippen LogP contribution in [0.3, 0.4) is 0 Å². The van der Waals surface area contributed by atoms with Gasteiger partial charge >= 0.3 is 0 Å². The van der Waals surface area contributed by atoms with Crippen molar-refractivity contribution < 1.29 is 9.18 Å². The van der Waals surface area contributed by atoms with Crippen LogP contribution < -0.4 is 4.90 Å². The predicted octanol–water partition coefficient (Wildman–Crippen LogP) is 3.76. The summed E-state index contributed by atoms with van der Waals surface area (Å²) in [6, 6.07) is 14.7. The van der Waals surface area contributed by atoms with Crippen LogP contribution in [0.1, 0.15) is 25.0 Å². The summed E-state index contributed by atoms with van der Waals surface area (Å²) in [5, 5.41) is 0. The zero-order valence-corrected chi connectivity index (χ0v) is 15.1. The van der Waals surface area contributed by atoms with E-state index in [1.165, 1.54) is 23.4 Å². The van der Waals surface area contributed by atoms with Gasteiger partial charge in [0.25, 0.3) is 0 Å². The van der Waals surface area contributed by atoms with Crippen molar-refractivity contribution in [1.82, 2.24) is 4.90 Å². The quantitative estimate of drug-likeness (QED) is 0.849. The SMILES string of the molecule is Cc1cccc(N2CCN(C(=O)C(C)(C)c3ccc(F)cc3)CC2)c1. The van der Waals surface area contributed by atoms with Crippen molar-refractivity contribution in [3.63, 3.8) is 0 Å². The molecule has 0 aliphatic carbocycles. The van der Waals surface area contributed by atoms with Gasteiger partial charge in [0.15, 0.2) is 0 Å². The number of benzene rings is 2. The maximum Gasteiger partial charge on any atom is 0.232 e. The Morgan fingerprint density at radius 3 is 2.24 bits per heavy atom. The average Bonchev–Trinajstić information content (AvgIpc) is 2.61. The highest BCUT2D eigenvalue weighted by atomic mass is 19.1. The van der Waals surface area contributed by atoms with E-state index >= 15 is 0 Å². The molecule has 3 nitrogen and oxygen atoms in total. The first-order chi connectivity index (χ1) is 11.9. The highest BCUT2D eigenvalue weighted by Crippen LogP contribution is 2.27. The van der Waals surface area contributed by atoms with Gasteiger partial charge in [-0.1, -0.05) is 24.3 Å². The third kappa shape index (κ3) is 3.68. The molecule has 132 valence electrons. The monoisotopic (exact) mass is 340 g/mol. The van der Waals surface area contributed by atoms with Crippen LogP contribution in [-0.2, 0) is 10.2 Å². The lowest BCUT2D eigenvalue weighted by Crippen LogP contribution is -2.53. The number of halogens is 1. The van der Waals surface area contributed by atoms with E-state index in [4.69, 9.17) is 0 Å². The number of aryl methyl sites for hydroxylation is 1. The van der Waals surface area contributed by atoms with E-state index in [-0.39, 0.29) is 11.7 Å². The first-order valence-electron chi connectivity index (χ1n) is 8.75. The molecule has 1 amide bonds. The minimum atomic E-state index is -0.654. The molecule has 0 radical (unpaired) electrons. The van der Waals surface area contributed by atoms with Crippen molar-refractivity contribution >= 4 is 11.6 Å². The Kier molecular flexibility index (Phi) is 4.80. The Balaban J connectivity index is 1.67. The van der Waals surface area contributed by atoms with Gasteiger partial charge in [-0.3, -0.25) is 4.79 Å². The normalized spacial score (nSPS) is 15.4. The molecule has 0 unspecified atom stereocenters. The molecule has 1 heterocycles. The molecule has 25 heavy (non-hydrogen) atoms. The molecule has 3 rings (SSSR count). The van der Waals surface area contributed by atoms with Gasteiger partial charge in [0.1, 0.15) is 5.82 Å². The van der Waals surface area contributed by atoms with Crippen molar-refractivity contribution in [2.24, 2.45) is 0 Å². The summed E-state index contributed by atoms with van der Waals surface area (Å²) in [4.78, 5) is 17.3. The summed E-state index contributed by atoms with van der Waals surface area (Å²) in [5.41, 5.74) is 2.65. The summed E-state index contributed by atoms with van der Waals surface area (Å²) in [5.74, 6) is -0.179. The van der Waals surface area contributed by atoms with Gasteiger partial charge in [-0.05, 0) is 56.2 Å². The molecule has 2 aromatic carbocycles. The van der Waals surface area contributed by atoms with Crippen LogP contribution in [0.15, 0.2) is 48.5 Å². The van der Waals surface area contributed by atoms with Crippen LogP contribution >= 0.6 is 0 Å². The molecular weight excluding hydrogens is 315 g/mol. The highest BCUT2D eigenvalue weighted by molar-refractivity contribution is 5.87. The largest absolute Gasteiger partial charge is 0.368 e. The number of carbonyl (C=O) groups is 1. The zero-order chi connectivity index (χ0) is 18.0. The summed E-state index contributed by atoms with van der Waals surface area (Å²) in [6.07, 6.45) is 0. The minimum Gasteiger partial charge on any atom is -0.368 e. The number of nitrogens with zero attached hydrogens (tertiary/aromatic N) is 2. The molecule has 1 aliphatic rings. The number of hydrogen-bond acceptors (Lipinski definition) is 2. The van der Waals surface area contributed by atoms with E-state index in [1.807, 2.05) is 18.7 Å². The van der Waals surface area contributed by atoms with E-state index in [9.17, 15) is 9.18 Å². The maximum absolute atomic E-state index is 13.2. The topological polar surface area (TPSA) is 23.6 Å². The van der Waals surface area contributed by atoms with Crippen molar-refractivity contribution in [2.75, 3.05) is 31.1 Å². The third-order valence-electron chi connectivity index (χ3n) is 5.03. The Bertz CT molecular complexity index is 747. The molecule has 0 aromatic heterocycles. The van der Waals surface area contributed by atoms with E-state index in [1.54, 1.807) is 12.1 Å². The molecule has 1 aliphatic heterocycles. The van der Waals surface area contributed by atoms with Gasteiger partial charge in [0, 0.05) is 31.9 Å². The summed E-state index contributed by atoms with van der Waals surface area (Å²) < 4.78 is 13.2. The van der Waals surface area contributed by atoms with Gasteiger partial charge < -0.3 is 9.80 Å². The van der Waals surface area contributed by atoms with Crippen LogP contribution in [0.2, 0.25) is 0 Å². The first kappa shape index (κ1) is 17.5. The Labute approximate surface area is 149 Å². The molecule has 0 bridgehead atoms. The van der Waals surface area contributed by atoms with E-state index in [2.05, 4.69) is 36.1 Å². The van der Waals surface area contributed by atoms with Gasteiger partial charge in [0.05, 0.1) is 5.41 Å². The maximum atomic E-state index is 13.2. The Morgan fingerprint density at radius 2 is 1.64 bits per heavy atom. The van der Waals surface area contributed by atoms with Crippen LogP contribution in [0.5, 0.6) is 0 Å². The summed E-state index contributed by atoms with van der Waals surface area (Å²) in [6.45, 7) is 8.98. The van der Waals surface area contributed by atoms with Crippen LogP contribution in [0.25, 0.3) is 0 Å². The molecular formula is C21H25FN2O. The van der Waals surface area contributed by atoms with Crippen molar-refractivity contribution in [1.29, 1.82) is 0 Å². The number of rotatable bonds is 3. The molecule has 0 saturated carbocycles.